The fourth-order valence-electron chi connectivity index (χ4n) is 1.15. The molecule has 0 aromatic heterocycles. The van der Waals surface area contributed by atoms with Crippen LogP contribution in [0.25, 0.3) is 0 Å². The van der Waals surface area contributed by atoms with E-state index in [9.17, 15) is 5.11 Å². The van der Waals surface area contributed by atoms with E-state index in [-0.39, 0.29) is 18.0 Å². The number of amidine groups is 1. The highest BCUT2D eigenvalue weighted by Gasteiger charge is 2.07. The molecule has 0 bridgehead atoms. The Morgan fingerprint density at radius 2 is 2.23 bits per heavy atom. The molecule has 0 radical (unpaired) electrons. The Bertz CT molecular complexity index is 350. The molecule has 0 fully saturated rings. The second kappa shape index (κ2) is 3.66. The van der Waals surface area contributed by atoms with Gasteiger partial charge in [0.05, 0.1) is 10.9 Å². The van der Waals surface area contributed by atoms with Crippen LogP contribution in [0.4, 0.5) is 0 Å². The highest BCUT2D eigenvalue weighted by molar-refractivity contribution is 6.32. The van der Waals surface area contributed by atoms with Crippen molar-refractivity contribution in [1.82, 2.24) is 0 Å². The number of phenols is 1. The van der Waals surface area contributed by atoms with Gasteiger partial charge in [-0.3, -0.25) is 5.41 Å². The van der Waals surface area contributed by atoms with E-state index in [1.807, 2.05) is 6.92 Å². The molecule has 13 heavy (non-hydrogen) atoms. The molecular weight excluding hydrogens is 188 g/mol. The van der Waals surface area contributed by atoms with E-state index >= 15 is 0 Å². The molecule has 4 heteroatoms. The van der Waals surface area contributed by atoms with E-state index in [0.29, 0.717) is 10.6 Å². The summed E-state index contributed by atoms with van der Waals surface area (Å²) in [5.41, 5.74) is 6.76. The third-order valence-corrected chi connectivity index (χ3v) is 1.96. The lowest BCUT2D eigenvalue weighted by atomic mass is 10.1. The predicted octanol–water partition coefficient (Wildman–Crippen LogP) is 1.83. The van der Waals surface area contributed by atoms with Gasteiger partial charge in [0.1, 0.15) is 5.75 Å². The monoisotopic (exact) mass is 198 g/mol. The molecule has 3 nitrogen and oxygen atoms in total. The molecule has 0 saturated carbocycles. The first kappa shape index (κ1) is 9.86. The van der Waals surface area contributed by atoms with Crippen LogP contribution in [0.2, 0.25) is 5.02 Å². The van der Waals surface area contributed by atoms with Crippen LogP contribution >= 0.6 is 11.6 Å². The van der Waals surface area contributed by atoms with Crippen LogP contribution in [0.15, 0.2) is 12.1 Å². The van der Waals surface area contributed by atoms with E-state index in [0.717, 1.165) is 5.56 Å². The number of hydrogen-bond donors (Lipinski definition) is 3. The number of aromatic hydroxyl groups is 1. The Hall–Kier alpha value is -1.22. The number of halogens is 1. The number of nitrogens with one attached hydrogen (secondary N) is 1. The summed E-state index contributed by atoms with van der Waals surface area (Å²) in [5.74, 6) is 0.0273. The van der Waals surface area contributed by atoms with Crippen LogP contribution in [0.5, 0.6) is 5.75 Å². The molecule has 1 rings (SSSR count). The highest BCUT2D eigenvalue weighted by Crippen LogP contribution is 2.28. The molecule has 0 aliphatic rings. The first-order valence-corrected chi connectivity index (χ1v) is 4.19. The maximum absolute atomic E-state index is 9.49. The Morgan fingerprint density at radius 1 is 1.62 bits per heavy atom. The molecular formula is C9H11ClN2O. The lowest BCUT2D eigenvalue weighted by Gasteiger charge is -2.06. The van der Waals surface area contributed by atoms with Gasteiger partial charge in [-0.25, -0.2) is 0 Å². The van der Waals surface area contributed by atoms with E-state index in [1.54, 1.807) is 12.1 Å². The first-order valence-electron chi connectivity index (χ1n) is 3.81. The first-order chi connectivity index (χ1) is 6.00. The highest BCUT2D eigenvalue weighted by atomic mass is 35.5. The maximum atomic E-state index is 9.49. The van der Waals surface area contributed by atoms with Gasteiger partial charge in [0.25, 0.3) is 0 Å². The quantitative estimate of drug-likeness (QED) is 0.501. The van der Waals surface area contributed by atoms with Gasteiger partial charge in [-0.1, -0.05) is 17.7 Å². The average molecular weight is 199 g/mol. The van der Waals surface area contributed by atoms with Gasteiger partial charge in [-0.2, -0.15) is 0 Å². The Balaban J connectivity index is 3.12. The second-order valence-corrected chi connectivity index (χ2v) is 3.36. The minimum atomic E-state index is 0.0111. The van der Waals surface area contributed by atoms with Gasteiger partial charge >= 0.3 is 0 Å². The van der Waals surface area contributed by atoms with Crippen molar-refractivity contribution >= 4 is 17.4 Å². The molecule has 0 heterocycles. The molecule has 0 aliphatic heterocycles. The average Bonchev–Trinajstić information content (AvgIpc) is 1.98. The summed E-state index contributed by atoms with van der Waals surface area (Å²) in [7, 11) is 0. The van der Waals surface area contributed by atoms with Crippen LogP contribution in [0.3, 0.4) is 0 Å². The van der Waals surface area contributed by atoms with Gasteiger partial charge in [-0.15, -0.1) is 0 Å². The minimum Gasteiger partial charge on any atom is -0.506 e. The Morgan fingerprint density at radius 3 is 2.77 bits per heavy atom. The number of aryl methyl sites for hydroxylation is 1. The maximum Gasteiger partial charge on any atom is 0.137 e. The fourth-order valence-corrected chi connectivity index (χ4v) is 1.44. The Labute approximate surface area is 81.6 Å². The van der Waals surface area contributed by atoms with Crippen molar-refractivity contribution in [2.24, 2.45) is 5.73 Å². The normalized spacial score (nSPS) is 10.0. The minimum absolute atomic E-state index is 0.0111. The van der Waals surface area contributed by atoms with Crippen molar-refractivity contribution in [1.29, 1.82) is 5.41 Å². The lowest BCUT2D eigenvalue weighted by molar-refractivity contribution is 0.470. The number of phenolic OH excluding ortho intramolecular Hbond substituents is 1. The predicted molar refractivity (Wildman–Crippen MR) is 53.5 cm³/mol. The van der Waals surface area contributed by atoms with Crippen LogP contribution < -0.4 is 5.73 Å². The van der Waals surface area contributed by atoms with Gasteiger partial charge < -0.3 is 10.8 Å². The van der Waals surface area contributed by atoms with E-state index in [1.165, 1.54) is 0 Å². The molecule has 70 valence electrons. The van der Waals surface area contributed by atoms with Crippen LogP contribution in [0.1, 0.15) is 11.1 Å². The second-order valence-electron chi connectivity index (χ2n) is 2.96. The molecule has 0 atom stereocenters. The van der Waals surface area contributed by atoms with E-state index < -0.39 is 0 Å². The van der Waals surface area contributed by atoms with Crippen molar-refractivity contribution in [2.75, 3.05) is 0 Å². The summed E-state index contributed by atoms with van der Waals surface area (Å²) < 4.78 is 0. The molecule has 4 N–H and O–H groups in total. The molecule has 1 aromatic rings. The number of benzene rings is 1. The van der Waals surface area contributed by atoms with Crippen LogP contribution in [0, 0.1) is 12.3 Å². The van der Waals surface area contributed by atoms with Gasteiger partial charge in [0, 0.05) is 12.0 Å². The Kier molecular flexibility index (Phi) is 2.78. The van der Waals surface area contributed by atoms with Gasteiger partial charge in [0.15, 0.2) is 0 Å². The van der Waals surface area contributed by atoms with E-state index in [4.69, 9.17) is 22.7 Å². The van der Waals surface area contributed by atoms with Crippen molar-refractivity contribution < 1.29 is 5.11 Å². The molecule has 0 aliphatic carbocycles. The van der Waals surface area contributed by atoms with E-state index in [2.05, 4.69) is 0 Å². The van der Waals surface area contributed by atoms with Gasteiger partial charge in [-0.05, 0) is 18.6 Å². The number of rotatable bonds is 2. The summed E-state index contributed by atoms with van der Waals surface area (Å²) in [6, 6.07) is 3.43. The van der Waals surface area contributed by atoms with Crippen molar-refractivity contribution in [3.05, 3.63) is 28.3 Å². The number of nitrogens with two attached hydrogens (primary N) is 1. The third kappa shape index (κ3) is 2.36. The van der Waals surface area contributed by atoms with Gasteiger partial charge in [0.2, 0.25) is 0 Å². The van der Waals surface area contributed by atoms with Crippen molar-refractivity contribution in [2.45, 2.75) is 13.3 Å². The molecule has 0 unspecified atom stereocenters. The molecule has 0 amide bonds. The zero-order valence-electron chi connectivity index (χ0n) is 7.26. The molecule has 1 aromatic carbocycles. The topological polar surface area (TPSA) is 70.1 Å². The third-order valence-electron chi connectivity index (χ3n) is 1.67. The van der Waals surface area contributed by atoms with Crippen molar-refractivity contribution in [3.8, 4) is 5.75 Å². The van der Waals surface area contributed by atoms with Crippen LogP contribution in [-0.4, -0.2) is 10.9 Å². The summed E-state index contributed by atoms with van der Waals surface area (Å²) in [5, 5.41) is 16.9. The lowest BCUT2D eigenvalue weighted by Crippen LogP contribution is -2.12. The summed E-state index contributed by atoms with van der Waals surface area (Å²) in [6.45, 7) is 1.87. The fraction of sp³-hybridized carbons (Fsp3) is 0.222. The number of hydrogen-bond acceptors (Lipinski definition) is 2. The van der Waals surface area contributed by atoms with Crippen LogP contribution in [-0.2, 0) is 6.42 Å². The van der Waals surface area contributed by atoms with Crippen molar-refractivity contribution in [3.63, 3.8) is 0 Å². The standard InChI is InChI=1S/C9H11ClN2O/c1-5-2-6(4-8(11)12)9(13)7(10)3-5/h2-3,13H,4H2,1H3,(H3,11,12). The molecule has 0 spiro atoms. The summed E-state index contributed by atoms with van der Waals surface area (Å²) in [4.78, 5) is 0. The smallest absolute Gasteiger partial charge is 0.137 e. The molecule has 0 saturated heterocycles. The zero-order chi connectivity index (χ0) is 10.0. The largest absolute Gasteiger partial charge is 0.506 e. The summed E-state index contributed by atoms with van der Waals surface area (Å²) >= 11 is 5.74. The summed E-state index contributed by atoms with van der Waals surface area (Å²) in [6.07, 6.45) is 0.229. The zero-order valence-corrected chi connectivity index (χ0v) is 8.02. The SMILES string of the molecule is Cc1cc(Cl)c(O)c(CC(=N)N)c1.